The summed E-state index contributed by atoms with van der Waals surface area (Å²) in [4.78, 5) is 8.85. The number of pyridine rings is 1. The Morgan fingerprint density at radius 3 is 2.75 bits per heavy atom. The molecule has 102 valence electrons. The molecule has 0 aliphatic rings. The number of oxazole rings is 1. The van der Waals surface area contributed by atoms with E-state index in [-0.39, 0.29) is 0 Å². The number of hydrogen-bond donors (Lipinski definition) is 2. The van der Waals surface area contributed by atoms with Gasteiger partial charge in [0.05, 0.1) is 17.8 Å². The summed E-state index contributed by atoms with van der Waals surface area (Å²) in [7, 11) is 0. The first-order chi connectivity index (χ1) is 9.61. The van der Waals surface area contributed by atoms with Crippen LogP contribution < -0.4 is 11.1 Å². The van der Waals surface area contributed by atoms with Crippen LogP contribution in [0.2, 0.25) is 0 Å². The lowest BCUT2D eigenvalue weighted by atomic mass is 10.2. The van der Waals surface area contributed by atoms with Gasteiger partial charge in [-0.1, -0.05) is 0 Å². The molecule has 0 atom stereocenters. The van der Waals surface area contributed by atoms with Crippen molar-refractivity contribution in [2.75, 3.05) is 11.1 Å². The number of nitrogens with two attached hydrogens (primary N) is 1. The highest BCUT2D eigenvalue weighted by Crippen LogP contribution is 2.18. The van der Waals surface area contributed by atoms with Crippen LogP contribution in [0.4, 0.5) is 11.5 Å². The molecule has 0 spiro atoms. The molecule has 3 aromatic rings. The molecule has 1 aromatic carbocycles. The number of aryl methyl sites for hydroxylation is 2. The second-order valence-electron chi connectivity index (χ2n) is 4.75. The van der Waals surface area contributed by atoms with E-state index in [1.807, 2.05) is 44.2 Å². The number of nitrogens with one attached hydrogen (secondary N) is 1. The van der Waals surface area contributed by atoms with Crippen LogP contribution in [0.1, 0.15) is 17.3 Å². The van der Waals surface area contributed by atoms with Crippen LogP contribution in [0.25, 0.3) is 10.9 Å². The number of rotatable bonds is 3. The lowest BCUT2D eigenvalue weighted by Gasteiger charge is -2.05. The first kappa shape index (κ1) is 12.5. The van der Waals surface area contributed by atoms with Crippen molar-refractivity contribution in [3.63, 3.8) is 0 Å². The SMILES string of the molecule is Cc1nc(CNc2ccc3cc(N)ccc3n2)oc1C. The predicted octanol–water partition coefficient (Wildman–Crippen LogP) is 3.03. The van der Waals surface area contributed by atoms with Gasteiger partial charge in [-0.2, -0.15) is 0 Å². The molecule has 0 aliphatic heterocycles. The van der Waals surface area contributed by atoms with Gasteiger partial charge in [-0.05, 0) is 44.2 Å². The zero-order valence-corrected chi connectivity index (χ0v) is 11.5. The largest absolute Gasteiger partial charge is 0.444 e. The Hall–Kier alpha value is -2.56. The molecule has 0 saturated heterocycles. The van der Waals surface area contributed by atoms with Crippen LogP contribution >= 0.6 is 0 Å². The lowest BCUT2D eigenvalue weighted by molar-refractivity contribution is 0.478. The minimum Gasteiger partial charge on any atom is -0.444 e. The Morgan fingerprint density at radius 2 is 2.00 bits per heavy atom. The maximum atomic E-state index is 5.75. The van der Waals surface area contributed by atoms with E-state index in [4.69, 9.17) is 10.2 Å². The van der Waals surface area contributed by atoms with E-state index in [0.29, 0.717) is 12.4 Å². The quantitative estimate of drug-likeness (QED) is 0.714. The lowest BCUT2D eigenvalue weighted by Crippen LogP contribution is -2.01. The normalized spacial score (nSPS) is 10.9. The number of nitrogen functional groups attached to an aromatic ring is 1. The van der Waals surface area contributed by atoms with E-state index in [2.05, 4.69) is 15.3 Å². The second-order valence-corrected chi connectivity index (χ2v) is 4.75. The minimum absolute atomic E-state index is 0.516. The van der Waals surface area contributed by atoms with Crippen molar-refractivity contribution in [2.45, 2.75) is 20.4 Å². The number of benzene rings is 1. The molecule has 5 nitrogen and oxygen atoms in total. The number of hydrogen-bond acceptors (Lipinski definition) is 5. The van der Waals surface area contributed by atoms with Crippen molar-refractivity contribution in [1.29, 1.82) is 0 Å². The number of anilines is 2. The summed E-state index contributed by atoms with van der Waals surface area (Å²) < 4.78 is 5.52. The van der Waals surface area contributed by atoms with Gasteiger partial charge in [-0.25, -0.2) is 9.97 Å². The van der Waals surface area contributed by atoms with Gasteiger partial charge in [0.1, 0.15) is 11.6 Å². The molecule has 3 N–H and O–H groups in total. The molecule has 0 radical (unpaired) electrons. The minimum atomic E-state index is 0.516. The van der Waals surface area contributed by atoms with E-state index in [0.717, 1.165) is 33.9 Å². The fourth-order valence-corrected chi connectivity index (χ4v) is 2.02. The number of fused-ring (bicyclic) bond motifs is 1. The molecule has 0 amide bonds. The molecule has 0 saturated carbocycles. The van der Waals surface area contributed by atoms with Crippen LogP contribution in [0.15, 0.2) is 34.7 Å². The Balaban J connectivity index is 1.79. The van der Waals surface area contributed by atoms with Gasteiger partial charge in [-0.3, -0.25) is 0 Å². The zero-order chi connectivity index (χ0) is 14.1. The summed E-state index contributed by atoms with van der Waals surface area (Å²) in [6, 6.07) is 9.58. The molecule has 5 heteroatoms. The van der Waals surface area contributed by atoms with Crippen LogP contribution in [0.3, 0.4) is 0 Å². The first-order valence-electron chi connectivity index (χ1n) is 6.45. The standard InChI is InChI=1S/C15H16N4O/c1-9-10(2)20-15(18-9)8-17-14-6-3-11-7-12(16)4-5-13(11)19-14/h3-7H,8,16H2,1-2H3,(H,17,19). The van der Waals surface area contributed by atoms with E-state index >= 15 is 0 Å². The number of nitrogens with zero attached hydrogens (tertiary/aromatic N) is 2. The molecule has 0 aliphatic carbocycles. The monoisotopic (exact) mass is 268 g/mol. The molecular weight excluding hydrogens is 252 g/mol. The van der Waals surface area contributed by atoms with Gasteiger partial charge in [0.25, 0.3) is 0 Å². The summed E-state index contributed by atoms with van der Waals surface area (Å²) in [6.07, 6.45) is 0. The fraction of sp³-hybridized carbons (Fsp3) is 0.200. The van der Waals surface area contributed by atoms with E-state index in [1.165, 1.54) is 0 Å². The third kappa shape index (κ3) is 2.42. The van der Waals surface area contributed by atoms with Gasteiger partial charge in [-0.15, -0.1) is 0 Å². The molecular formula is C15H16N4O. The highest BCUT2D eigenvalue weighted by atomic mass is 16.4. The van der Waals surface area contributed by atoms with E-state index in [9.17, 15) is 0 Å². The van der Waals surface area contributed by atoms with Crippen LogP contribution in [0, 0.1) is 13.8 Å². The maximum absolute atomic E-state index is 5.75. The highest BCUT2D eigenvalue weighted by Gasteiger charge is 2.05. The number of aromatic nitrogens is 2. The summed E-state index contributed by atoms with van der Waals surface area (Å²) in [5, 5.41) is 4.24. The van der Waals surface area contributed by atoms with Crippen LogP contribution in [0.5, 0.6) is 0 Å². The second kappa shape index (κ2) is 4.85. The van der Waals surface area contributed by atoms with Crippen molar-refractivity contribution >= 4 is 22.4 Å². The smallest absolute Gasteiger partial charge is 0.213 e. The van der Waals surface area contributed by atoms with Gasteiger partial charge >= 0.3 is 0 Å². The predicted molar refractivity (Wildman–Crippen MR) is 79.5 cm³/mol. The summed E-state index contributed by atoms with van der Waals surface area (Å²) in [5.41, 5.74) is 8.32. The van der Waals surface area contributed by atoms with E-state index in [1.54, 1.807) is 0 Å². The molecule has 0 unspecified atom stereocenters. The summed E-state index contributed by atoms with van der Waals surface area (Å²) >= 11 is 0. The molecule has 20 heavy (non-hydrogen) atoms. The summed E-state index contributed by atoms with van der Waals surface area (Å²) in [5.74, 6) is 2.30. The van der Waals surface area contributed by atoms with Crippen LogP contribution in [-0.4, -0.2) is 9.97 Å². The van der Waals surface area contributed by atoms with Crippen molar-refractivity contribution in [2.24, 2.45) is 0 Å². The molecule has 3 rings (SSSR count). The van der Waals surface area contributed by atoms with E-state index < -0.39 is 0 Å². The molecule has 0 bridgehead atoms. The highest BCUT2D eigenvalue weighted by molar-refractivity contribution is 5.83. The first-order valence-corrected chi connectivity index (χ1v) is 6.45. The Kier molecular flexibility index (Phi) is 3.02. The van der Waals surface area contributed by atoms with Gasteiger partial charge in [0, 0.05) is 11.1 Å². The van der Waals surface area contributed by atoms with Gasteiger partial charge < -0.3 is 15.5 Å². The Bertz CT molecular complexity index is 744. The molecule has 2 heterocycles. The third-order valence-corrected chi connectivity index (χ3v) is 3.21. The van der Waals surface area contributed by atoms with Crippen LogP contribution in [-0.2, 0) is 6.54 Å². The maximum Gasteiger partial charge on any atom is 0.213 e. The Labute approximate surface area is 116 Å². The van der Waals surface area contributed by atoms with Crippen molar-refractivity contribution in [3.05, 3.63) is 47.7 Å². The van der Waals surface area contributed by atoms with Crippen molar-refractivity contribution in [3.8, 4) is 0 Å². The summed E-state index contributed by atoms with van der Waals surface area (Å²) in [6.45, 7) is 4.35. The zero-order valence-electron chi connectivity index (χ0n) is 11.5. The van der Waals surface area contributed by atoms with Crippen molar-refractivity contribution in [1.82, 2.24) is 9.97 Å². The fourth-order valence-electron chi connectivity index (χ4n) is 2.02. The average Bonchev–Trinajstić information content (AvgIpc) is 2.75. The molecule has 2 aromatic heterocycles. The van der Waals surface area contributed by atoms with Crippen molar-refractivity contribution < 1.29 is 4.42 Å². The molecule has 0 fully saturated rings. The van der Waals surface area contributed by atoms with Gasteiger partial charge in [0.2, 0.25) is 5.89 Å². The average molecular weight is 268 g/mol. The topological polar surface area (TPSA) is 77.0 Å². The third-order valence-electron chi connectivity index (χ3n) is 3.21. The van der Waals surface area contributed by atoms with Gasteiger partial charge in [0.15, 0.2) is 0 Å². The Morgan fingerprint density at radius 1 is 1.15 bits per heavy atom.